The van der Waals surface area contributed by atoms with Crippen LogP contribution in [0.2, 0.25) is 5.02 Å². The van der Waals surface area contributed by atoms with Crippen molar-refractivity contribution in [3.8, 4) is 17.5 Å². The van der Waals surface area contributed by atoms with Gasteiger partial charge in [0, 0.05) is 12.1 Å². The smallest absolute Gasteiger partial charge is 0.316 e. The number of hydrogen-bond acceptors (Lipinski definition) is 7. The molecule has 0 aliphatic heterocycles. The average molecular weight is 428 g/mol. The maximum absolute atomic E-state index is 12.7. The Bertz CT molecular complexity index is 900. The largest absolute Gasteiger partial charge is 0.493 e. The van der Waals surface area contributed by atoms with E-state index in [-0.39, 0.29) is 23.1 Å². The molecule has 8 nitrogen and oxygen atoms in total. The fourth-order valence-corrected chi connectivity index (χ4v) is 4.50. The van der Waals surface area contributed by atoms with E-state index < -0.39 is 10.0 Å². The lowest BCUT2D eigenvalue weighted by molar-refractivity contribution is 0.132. The number of aromatic nitrogens is 2. The van der Waals surface area contributed by atoms with Gasteiger partial charge in [0.05, 0.1) is 36.5 Å². The molecule has 1 fully saturated rings. The van der Waals surface area contributed by atoms with Gasteiger partial charge in [-0.15, -0.1) is 0 Å². The number of methoxy groups -OCH3 is 2. The van der Waals surface area contributed by atoms with Gasteiger partial charge < -0.3 is 14.2 Å². The first kappa shape index (κ1) is 20.6. The Labute approximate surface area is 169 Å². The summed E-state index contributed by atoms with van der Waals surface area (Å²) in [4.78, 5) is 8.18. The van der Waals surface area contributed by atoms with Gasteiger partial charge in [-0.3, -0.25) is 0 Å². The lowest BCUT2D eigenvalue weighted by Crippen LogP contribution is -2.39. The number of sulfonamides is 1. The molecule has 0 amide bonds. The highest BCUT2D eigenvalue weighted by atomic mass is 35.5. The van der Waals surface area contributed by atoms with Gasteiger partial charge in [0.1, 0.15) is 6.10 Å². The minimum absolute atomic E-state index is 0.0528. The molecule has 0 unspecified atom stereocenters. The van der Waals surface area contributed by atoms with Crippen molar-refractivity contribution in [2.45, 2.75) is 42.7 Å². The number of nitrogens with one attached hydrogen (secondary N) is 1. The second kappa shape index (κ2) is 8.93. The van der Waals surface area contributed by atoms with Crippen LogP contribution in [-0.2, 0) is 10.0 Å². The lowest BCUT2D eigenvalue weighted by Gasteiger charge is -2.28. The van der Waals surface area contributed by atoms with E-state index >= 15 is 0 Å². The third-order valence-corrected chi connectivity index (χ3v) is 6.24. The maximum atomic E-state index is 12.7. The number of ether oxygens (including phenoxy) is 3. The van der Waals surface area contributed by atoms with Crippen molar-refractivity contribution in [2.24, 2.45) is 0 Å². The Balaban J connectivity index is 1.58. The summed E-state index contributed by atoms with van der Waals surface area (Å²) in [5.74, 6) is 0.842. The Kier molecular flexibility index (Phi) is 6.58. The molecule has 28 heavy (non-hydrogen) atoms. The minimum Gasteiger partial charge on any atom is -0.493 e. The van der Waals surface area contributed by atoms with Crippen molar-refractivity contribution in [2.75, 3.05) is 14.2 Å². The van der Waals surface area contributed by atoms with Crippen LogP contribution in [0.1, 0.15) is 25.7 Å². The summed E-state index contributed by atoms with van der Waals surface area (Å²) in [7, 11) is -0.699. The number of rotatable bonds is 7. The molecular weight excluding hydrogens is 406 g/mol. The molecule has 1 aromatic heterocycles. The van der Waals surface area contributed by atoms with Crippen molar-refractivity contribution in [1.82, 2.24) is 14.7 Å². The van der Waals surface area contributed by atoms with Gasteiger partial charge >= 0.3 is 6.01 Å². The van der Waals surface area contributed by atoms with E-state index in [1.165, 1.54) is 38.7 Å². The molecule has 1 N–H and O–H groups in total. The summed E-state index contributed by atoms with van der Waals surface area (Å²) in [6, 6.07) is 4.64. The molecule has 1 aromatic carbocycles. The highest BCUT2D eigenvalue weighted by Gasteiger charge is 2.27. The van der Waals surface area contributed by atoms with Crippen molar-refractivity contribution >= 4 is 21.6 Å². The first-order valence-corrected chi connectivity index (χ1v) is 10.7. The maximum Gasteiger partial charge on any atom is 0.316 e. The fraction of sp³-hybridized carbons (Fsp3) is 0.444. The molecule has 3 rings (SSSR count). The third kappa shape index (κ3) is 5.03. The quantitative estimate of drug-likeness (QED) is 0.725. The number of benzene rings is 1. The van der Waals surface area contributed by atoms with Crippen LogP contribution in [0.5, 0.6) is 17.5 Å². The van der Waals surface area contributed by atoms with E-state index in [1.54, 1.807) is 6.07 Å². The Morgan fingerprint density at radius 2 is 1.68 bits per heavy atom. The number of halogens is 1. The zero-order valence-corrected chi connectivity index (χ0v) is 17.2. The lowest BCUT2D eigenvalue weighted by atomic mass is 9.94. The van der Waals surface area contributed by atoms with Crippen molar-refractivity contribution in [1.29, 1.82) is 0 Å². The molecule has 0 saturated heterocycles. The van der Waals surface area contributed by atoms with Gasteiger partial charge in [-0.25, -0.2) is 23.1 Å². The van der Waals surface area contributed by atoms with Gasteiger partial charge in [0.2, 0.25) is 10.0 Å². The molecule has 0 radical (unpaired) electrons. The summed E-state index contributed by atoms with van der Waals surface area (Å²) in [6.07, 6.45) is 5.62. The summed E-state index contributed by atoms with van der Waals surface area (Å²) >= 11 is 5.76. The molecule has 1 saturated carbocycles. The summed E-state index contributed by atoms with van der Waals surface area (Å²) in [6.45, 7) is 0. The molecular formula is C18H22ClN3O5S. The molecule has 10 heteroatoms. The van der Waals surface area contributed by atoms with E-state index in [9.17, 15) is 8.42 Å². The van der Waals surface area contributed by atoms with Crippen LogP contribution in [0, 0.1) is 0 Å². The van der Waals surface area contributed by atoms with Crippen LogP contribution in [0.3, 0.4) is 0 Å². The molecule has 0 atom stereocenters. The number of hydrogen-bond donors (Lipinski definition) is 1. The van der Waals surface area contributed by atoms with Gasteiger partial charge in [-0.05, 0) is 37.8 Å². The SMILES string of the molecule is COc1ccc(S(=O)(=O)NC2CCC(Oc3ncc(Cl)cn3)CC2)cc1OC. The first-order chi connectivity index (χ1) is 13.4. The molecule has 0 bridgehead atoms. The average Bonchev–Trinajstić information content (AvgIpc) is 2.70. The van der Waals surface area contributed by atoms with Crippen LogP contribution >= 0.6 is 11.6 Å². The molecule has 1 heterocycles. The standard InChI is InChI=1S/C18H22ClN3O5S/c1-25-16-8-7-15(9-17(16)26-2)28(23,24)22-13-3-5-14(6-4-13)27-18-20-10-12(19)11-21-18/h7-11,13-14,22H,3-6H2,1-2H3. The van der Waals surface area contributed by atoms with E-state index in [0.29, 0.717) is 42.2 Å². The predicted molar refractivity (Wildman–Crippen MR) is 104 cm³/mol. The molecule has 1 aliphatic rings. The summed E-state index contributed by atoms with van der Waals surface area (Å²) < 4.78 is 44.2. The van der Waals surface area contributed by atoms with Crippen molar-refractivity contribution in [3.63, 3.8) is 0 Å². The van der Waals surface area contributed by atoms with Crippen LogP contribution in [0.4, 0.5) is 0 Å². The van der Waals surface area contributed by atoms with E-state index in [2.05, 4.69) is 14.7 Å². The number of nitrogens with zero attached hydrogens (tertiary/aromatic N) is 2. The van der Waals surface area contributed by atoms with E-state index in [1.807, 2.05) is 0 Å². The van der Waals surface area contributed by atoms with Gasteiger partial charge in [0.25, 0.3) is 0 Å². The van der Waals surface area contributed by atoms with Crippen molar-refractivity contribution in [3.05, 3.63) is 35.6 Å². The Morgan fingerprint density at radius 3 is 2.29 bits per heavy atom. The first-order valence-electron chi connectivity index (χ1n) is 8.80. The van der Waals surface area contributed by atoms with Gasteiger partial charge in [-0.2, -0.15) is 0 Å². The Morgan fingerprint density at radius 1 is 1.04 bits per heavy atom. The van der Waals surface area contributed by atoms with Gasteiger partial charge in [-0.1, -0.05) is 11.6 Å². The van der Waals surface area contributed by atoms with E-state index in [0.717, 1.165) is 0 Å². The van der Waals surface area contributed by atoms with Crippen LogP contribution in [-0.4, -0.2) is 44.8 Å². The third-order valence-electron chi connectivity index (χ3n) is 4.53. The predicted octanol–water partition coefficient (Wildman–Crippen LogP) is 2.82. The van der Waals surface area contributed by atoms with Gasteiger partial charge in [0.15, 0.2) is 11.5 Å². The van der Waals surface area contributed by atoms with Crippen LogP contribution in [0.15, 0.2) is 35.5 Å². The highest BCUT2D eigenvalue weighted by Crippen LogP contribution is 2.30. The highest BCUT2D eigenvalue weighted by molar-refractivity contribution is 7.89. The Hall–Kier alpha value is -2.10. The minimum atomic E-state index is -3.66. The van der Waals surface area contributed by atoms with E-state index in [4.69, 9.17) is 25.8 Å². The van der Waals surface area contributed by atoms with Crippen LogP contribution < -0.4 is 18.9 Å². The molecule has 152 valence electrons. The fourth-order valence-electron chi connectivity index (χ4n) is 3.08. The molecule has 0 spiro atoms. The second-order valence-corrected chi connectivity index (χ2v) is 8.56. The topological polar surface area (TPSA) is 99.6 Å². The molecule has 1 aliphatic carbocycles. The second-order valence-electron chi connectivity index (χ2n) is 6.41. The van der Waals surface area contributed by atoms with Crippen LogP contribution in [0.25, 0.3) is 0 Å². The summed E-state index contributed by atoms with van der Waals surface area (Å²) in [5, 5.41) is 0.445. The zero-order valence-electron chi connectivity index (χ0n) is 15.6. The zero-order chi connectivity index (χ0) is 20.1. The summed E-state index contributed by atoms with van der Waals surface area (Å²) in [5.41, 5.74) is 0. The normalized spacial score (nSPS) is 19.8. The van der Waals surface area contributed by atoms with Crippen molar-refractivity contribution < 1.29 is 22.6 Å². The molecule has 2 aromatic rings. The monoisotopic (exact) mass is 427 g/mol.